The second-order valence-electron chi connectivity index (χ2n) is 7.81. The molecule has 1 heterocycles. The number of ether oxygens (including phenoxy) is 1. The van der Waals surface area contributed by atoms with Gasteiger partial charge in [-0.15, -0.1) is 0 Å². The monoisotopic (exact) mass is 505 g/mol. The number of hydrogen-bond acceptors (Lipinski definition) is 5. The molecule has 184 valence electrons. The largest absolute Gasteiger partial charge is 0.416 e. The Morgan fingerprint density at radius 3 is 2.26 bits per heavy atom. The zero-order chi connectivity index (χ0) is 25.1. The topological polar surface area (TPSA) is 87.7 Å². The average molecular weight is 506 g/mol. The summed E-state index contributed by atoms with van der Waals surface area (Å²) in [5, 5.41) is 2.72. The van der Waals surface area contributed by atoms with Gasteiger partial charge in [0.1, 0.15) is 0 Å². The number of carbonyl (C=O) groups excluding carboxylic acids is 1. The molecule has 1 aliphatic heterocycles. The quantitative estimate of drug-likeness (QED) is 0.512. The number of amides is 1. The van der Waals surface area contributed by atoms with Gasteiger partial charge in [-0.05, 0) is 60.7 Å². The van der Waals surface area contributed by atoms with Crippen molar-refractivity contribution in [2.75, 3.05) is 41.2 Å². The molecule has 0 atom stereocenters. The lowest BCUT2D eigenvalue weighted by Gasteiger charge is -2.28. The maximum absolute atomic E-state index is 12.9. The summed E-state index contributed by atoms with van der Waals surface area (Å²) in [5.41, 5.74) is 0.386. The van der Waals surface area contributed by atoms with E-state index in [0.717, 1.165) is 37.0 Å². The third kappa shape index (κ3) is 6.11. The molecule has 0 saturated carbocycles. The molecule has 0 spiro atoms. The zero-order valence-corrected chi connectivity index (χ0v) is 19.2. The number of nitrogens with one attached hydrogen (secondary N) is 2. The zero-order valence-electron chi connectivity index (χ0n) is 18.4. The fourth-order valence-electron chi connectivity index (χ4n) is 3.56. The number of carbonyl (C=O) groups is 1. The van der Waals surface area contributed by atoms with Crippen molar-refractivity contribution >= 4 is 33.0 Å². The summed E-state index contributed by atoms with van der Waals surface area (Å²) in [4.78, 5) is 14.6. The molecule has 3 aromatic carbocycles. The van der Waals surface area contributed by atoms with Crippen LogP contribution in [0, 0.1) is 0 Å². The number of alkyl halides is 3. The van der Waals surface area contributed by atoms with Crippen LogP contribution in [0.25, 0.3) is 0 Å². The molecule has 1 amide bonds. The molecular formula is C24H22F3N3O4S. The van der Waals surface area contributed by atoms with Crippen LogP contribution in [0.15, 0.2) is 77.7 Å². The highest BCUT2D eigenvalue weighted by Crippen LogP contribution is 2.31. The van der Waals surface area contributed by atoms with Crippen LogP contribution < -0.4 is 14.9 Å². The lowest BCUT2D eigenvalue weighted by Crippen LogP contribution is -2.36. The number of morpholine rings is 1. The van der Waals surface area contributed by atoms with Crippen LogP contribution in [0.1, 0.15) is 15.9 Å². The van der Waals surface area contributed by atoms with E-state index in [-0.39, 0.29) is 16.1 Å². The summed E-state index contributed by atoms with van der Waals surface area (Å²) in [5.74, 6) is -0.528. The summed E-state index contributed by atoms with van der Waals surface area (Å²) in [7, 11) is -4.24. The maximum atomic E-state index is 12.9. The van der Waals surface area contributed by atoms with Crippen molar-refractivity contribution in [1.82, 2.24) is 0 Å². The van der Waals surface area contributed by atoms with Gasteiger partial charge in [0.15, 0.2) is 0 Å². The fourth-order valence-corrected chi connectivity index (χ4v) is 4.65. The first-order valence-corrected chi connectivity index (χ1v) is 12.1. The molecular weight excluding hydrogens is 483 g/mol. The van der Waals surface area contributed by atoms with Gasteiger partial charge in [0.05, 0.1) is 23.7 Å². The highest BCUT2D eigenvalue weighted by Gasteiger charge is 2.30. The number of benzene rings is 3. The fraction of sp³-hybridized carbons (Fsp3) is 0.208. The first kappa shape index (κ1) is 24.6. The molecule has 0 bridgehead atoms. The molecule has 0 radical (unpaired) electrons. The molecule has 4 rings (SSSR count). The number of sulfonamides is 1. The van der Waals surface area contributed by atoms with Crippen molar-refractivity contribution in [2.24, 2.45) is 0 Å². The lowest BCUT2D eigenvalue weighted by molar-refractivity contribution is -0.137. The van der Waals surface area contributed by atoms with E-state index in [1.54, 1.807) is 12.1 Å². The highest BCUT2D eigenvalue weighted by atomic mass is 32.2. The van der Waals surface area contributed by atoms with Gasteiger partial charge in [0.25, 0.3) is 15.9 Å². The third-order valence-corrected chi connectivity index (χ3v) is 6.73. The molecule has 7 nitrogen and oxygen atoms in total. The van der Waals surface area contributed by atoms with E-state index in [1.807, 2.05) is 12.1 Å². The van der Waals surface area contributed by atoms with Crippen LogP contribution in [0.3, 0.4) is 0 Å². The van der Waals surface area contributed by atoms with E-state index < -0.39 is 27.7 Å². The minimum atomic E-state index is -4.61. The molecule has 3 aromatic rings. The lowest BCUT2D eigenvalue weighted by atomic mass is 10.2. The van der Waals surface area contributed by atoms with E-state index in [2.05, 4.69) is 14.9 Å². The second kappa shape index (κ2) is 9.96. The highest BCUT2D eigenvalue weighted by molar-refractivity contribution is 7.92. The first-order valence-electron chi connectivity index (χ1n) is 10.7. The summed E-state index contributed by atoms with van der Waals surface area (Å²) in [6.07, 6.45) is -4.61. The van der Waals surface area contributed by atoms with Crippen LogP contribution in [0.5, 0.6) is 0 Å². The van der Waals surface area contributed by atoms with E-state index in [0.29, 0.717) is 25.0 Å². The Bertz CT molecular complexity index is 1310. The molecule has 1 saturated heterocycles. The van der Waals surface area contributed by atoms with Crippen molar-refractivity contribution < 1.29 is 31.1 Å². The predicted octanol–water partition coefficient (Wildman–Crippen LogP) is 4.60. The van der Waals surface area contributed by atoms with Crippen LogP contribution in [-0.2, 0) is 20.9 Å². The van der Waals surface area contributed by atoms with Gasteiger partial charge in [0.2, 0.25) is 0 Å². The summed E-state index contributed by atoms with van der Waals surface area (Å²) < 4.78 is 71.8. The van der Waals surface area contributed by atoms with E-state index in [4.69, 9.17) is 4.74 Å². The number of halogens is 3. The molecule has 1 aliphatic rings. The van der Waals surface area contributed by atoms with Crippen LogP contribution in [-0.4, -0.2) is 40.6 Å². The molecule has 1 fully saturated rings. The Morgan fingerprint density at radius 2 is 1.57 bits per heavy atom. The van der Waals surface area contributed by atoms with E-state index >= 15 is 0 Å². The Kier molecular flexibility index (Phi) is 6.99. The minimum Gasteiger partial charge on any atom is -0.378 e. The van der Waals surface area contributed by atoms with Crippen LogP contribution >= 0.6 is 0 Å². The number of nitrogens with zero attached hydrogens (tertiary/aromatic N) is 1. The average Bonchev–Trinajstić information content (AvgIpc) is 2.84. The van der Waals surface area contributed by atoms with Crippen LogP contribution in [0.2, 0.25) is 0 Å². The van der Waals surface area contributed by atoms with Crippen molar-refractivity contribution in [3.63, 3.8) is 0 Å². The molecule has 0 unspecified atom stereocenters. The Balaban J connectivity index is 1.46. The third-order valence-electron chi connectivity index (χ3n) is 5.35. The predicted molar refractivity (Wildman–Crippen MR) is 126 cm³/mol. The summed E-state index contributed by atoms with van der Waals surface area (Å²) in [6.45, 7) is 2.86. The Hall–Kier alpha value is -3.57. The van der Waals surface area contributed by atoms with Gasteiger partial charge >= 0.3 is 6.18 Å². The Labute approximate surface area is 200 Å². The molecule has 0 aliphatic carbocycles. The van der Waals surface area contributed by atoms with Crippen molar-refractivity contribution in [3.05, 3.63) is 83.9 Å². The minimum absolute atomic E-state index is 0.0779. The maximum Gasteiger partial charge on any atom is 0.416 e. The van der Waals surface area contributed by atoms with Crippen LogP contribution in [0.4, 0.5) is 30.2 Å². The number of rotatable bonds is 6. The Morgan fingerprint density at radius 1 is 0.886 bits per heavy atom. The molecule has 2 N–H and O–H groups in total. The van der Waals surface area contributed by atoms with E-state index in [1.165, 1.54) is 24.3 Å². The summed E-state index contributed by atoms with van der Waals surface area (Å²) in [6, 6.07) is 16.4. The number of anilines is 3. The standard InChI is InChI=1S/C24H22F3N3O4S/c25-24(26,27)18-4-2-5-20(16-18)29-35(32,33)22-6-1-3-17(15-22)23(31)28-19-7-9-21(10-8-19)30-11-13-34-14-12-30/h1-10,15-16,29H,11-14H2,(H,28,31). The van der Waals surface area contributed by atoms with Gasteiger partial charge in [-0.25, -0.2) is 8.42 Å². The van der Waals surface area contributed by atoms with Gasteiger partial charge in [-0.2, -0.15) is 13.2 Å². The second-order valence-corrected chi connectivity index (χ2v) is 9.49. The van der Waals surface area contributed by atoms with Gasteiger partial charge in [-0.1, -0.05) is 12.1 Å². The van der Waals surface area contributed by atoms with Crippen molar-refractivity contribution in [2.45, 2.75) is 11.1 Å². The number of hydrogen-bond donors (Lipinski definition) is 2. The molecule has 11 heteroatoms. The smallest absolute Gasteiger partial charge is 0.378 e. The van der Waals surface area contributed by atoms with Gasteiger partial charge in [0, 0.05) is 35.7 Å². The molecule has 0 aromatic heterocycles. The van der Waals surface area contributed by atoms with E-state index in [9.17, 15) is 26.4 Å². The molecule has 35 heavy (non-hydrogen) atoms. The summed E-state index contributed by atoms with van der Waals surface area (Å²) >= 11 is 0. The van der Waals surface area contributed by atoms with Gasteiger partial charge < -0.3 is 15.0 Å². The SMILES string of the molecule is O=C(Nc1ccc(N2CCOCC2)cc1)c1cccc(S(=O)(=O)Nc2cccc(C(F)(F)F)c2)c1. The first-order chi connectivity index (χ1) is 16.6. The van der Waals surface area contributed by atoms with Gasteiger partial charge in [-0.3, -0.25) is 9.52 Å². The van der Waals surface area contributed by atoms with Crippen molar-refractivity contribution in [1.29, 1.82) is 0 Å². The van der Waals surface area contributed by atoms with Crippen molar-refractivity contribution in [3.8, 4) is 0 Å². The normalized spacial score (nSPS) is 14.4.